The van der Waals surface area contributed by atoms with Gasteiger partial charge in [0.05, 0.1) is 25.3 Å². The third kappa shape index (κ3) is 4.43. The molecule has 1 amide bonds. The van der Waals surface area contributed by atoms with Crippen LogP contribution in [0.1, 0.15) is 52.7 Å². The van der Waals surface area contributed by atoms with E-state index in [9.17, 15) is 4.79 Å². The summed E-state index contributed by atoms with van der Waals surface area (Å²) in [5.74, 6) is 1.61. The van der Waals surface area contributed by atoms with Crippen molar-refractivity contribution >= 4 is 28.1 Å². The number of carbonyl (C=O) groups is 1. The molecular formula is C29H32N2O3S. The number of thiophene rings is 1. The van der Waals surface area contributed by atoms with Crippen molar-refractivity contribution in [3.8, 4) is 11.5 Å². The highest BCUT2D eigenvalue weighted by molar-refractivity contribution is 7.10. The maximum absolute atomic E-state index is 14.1. The molecule has 2 aromatic heterocycles. The molecule has 6 heteroatoms. The molecule has 0 saturated heterocycles. The van der Waals surface area contributed by atoms with Gasteiger partial charge in [-0.3, -0.25) is 4.79 Å². The van der Waals surface area contributed by atoms with Crippen LogP contribution >= 0.6 is 11.3 Å². The van der Waals surface area contributed by atoms with E-state index in [0.717, 1.165) is 59.3 Å². The summed E-state index contributed by atoms with van der Waals surface area (Å²) < 4.78 is 13.6. The number of methoxy groups -OCH3 is 1. The second kappa shape index (κ2) is 10.2. The second-order valence-electron chi connectivity index (χ2n) is 8.96. The van der Waals surface area contributed by atoms with Crippen LogP contribution in [0.25, 0.3) is 10.9 Å². The Bertz CT molecular complexity index is 1340. The Labute approximate surface area is 210 Å². The molecule has 0 spiro atoms. The number of aromatic nitrogens is 1. The van der Waals surface area contributed by atoms with Crippen molar-refractivity contribution in [2.45, 2.75) is 45.7 Å². The van der Waals surface area contributed by atoms with Gasteiger partial charge in [-0.25, -0.2) is 0 Å². The number of rotatable bonds is 8. The van der Waals surface area contributed by atoms with Crippen molar-refractivity contribution in [3.05, 3.63) is 81.7 Å². The molecule has 5 nitrogen and oxygen atoms in total. The number of hydrogen-bond donors (Lipinski definition) is 0. The van der Waals surface area contributed by atoms with Crippen molar-refractivity contribution in [3.63, 3.8) is 0 Å². The molecule has 1 atom stereocenters. The Balaban J connectivity index is 1.51. The molecule has 1 aliphatic rings. The molecule has 0 bridgehead atoms. The third-order valence-corrected chi connectivity index (χ3v) is 7.88. The van der Waals surface area contributed by atoms with Crippen LogP contribution in [-0.2, 0) is 19.4 Å². The summed E-state index contributed by atoms with van der Waals surface area (Å²) in [6.07, 6.45) is 4.58. The maximum atomic E-state index is 14.1. The van der Waals surface area contributed by atoms with Crippen LogP contribution in [0.15, 0.2) is 60.1 Å². The number of hydrogen-bond acceptors (Lipinski definition) is 4. The highest BCUT2D eigenvalue weighted by atomic mass is 32.1. The topological polar surface area (TPSA) is 43.7 Å². The summed E-state index contributed by atoms with van der Waals surface area (Å²) in [6, 6.07) is 16.5. The van der Waals surface area contributed by atoms with E-state index in [1.165, 1.54) is 10.4 Å². The van der Waals surface area contributed by atoms with Crippen molar-refractivity contribution < 1.29 is 14.3 Å². The standard InChI is InChI=1S/C29H32N2O3S/c1-4-15-34-27-18-20(10-11-26(27)33-3)17-25-28-21(13-16-35-28)12-14-31(25)29(32)23-19-30(5-2)24-9-7-6-8-22(23)24/h6-11,13,16,18-19,25H,4-5,12,14-15,17H2,1-3H3. The predicted octanol–water partition coefficient (Wildman–Crippen LogP) is 6.50. The zero-order chi connectivity index (χ0) is 24.4. The van der Waals surface area contributed by atoms with E-state index in [1.807, 2.05) is 24.4 Å². The minimum absolute atomic E-state index is 0.0117. The number of para-hydroxylation sites is 1. The number of carbonyl (C=O) groups excluding carboxylic acids is 1. The number of nitrogens with zero attached hydrogens (tertiary/aromatic N) is 2. The zero-order valence-electron chi connectivity index (χ0n) is 20.6. The minimum Gasteiger partial charge on any atom is -0.493 e. The van der Waals surface area contributed by atoms with Crippen LogP contribution in [-0.4, -0.2) is 35.6 Å². The quantitative estimate of drug-likeness (QED) is 0.284. The fraction of sp³-hybridized carbons (Fsp3) is 0.345. The van der Waals surface area contributed by atoms with E-state index in [-0.39, 0.29) is 11.9 Å². The largest absolute Gasteiger partial charge is 0.493 e. The predicted molar refractivity (Wildman–Crippen MR) is 142 cm³/mol. The van der Waals surface area contributed by atoms with Gasteiger partial charge in [0, 0.05) is 35.1 Å². The van der Waals surface area contributed by atoms with E-state index in [2.05, 4.69) is 59.0 Å². The molecule has 0 saturated carbocycles. The average molecular weight is 489 g/mol. The minimum atomic E-state index is -0.0117. The van der Waals surface area contributed by atoms with Gasteiger partial charge in [0.25, 0.3) is 5.91 Å². The fourth-order valence-corrected chi connectivity index (χ4v) is 6.13. The summed E-state index contributed by atoms with van der Waals surface area (Å²) in [4.78, 5) is 17.4. The number of aryl methyl sites for hydroxylation is 1. The van der Waals surface area contributed by atoms with Gasteiger partial charge < -0.3 is 18.9 Å². The average Bonchev–Trinajstić information content (AvgIpc) is 3.52. The Morgan fingerprint density at radius 1 is 1.11 bits per heavy atom. The first-order chi connectivity index (χ1) is 17.1. The molecule has 182 valence electrons. The molecule has 1 unspecified atom stereocenters. The van der Waals surface area contributed by atoms with Gasteiger partial charge >= 0.3 is 0 Å². The first kappa shape index (κ1) is 23.5. The van der Waals surface area contributed by atoms with Crippen LogP contribution in [0.3, 0.4) is 0 Å². The molecule has 2 aromatic carbocycles. The van der Waals surface area contributed by atoms with Crippen molar-refractivity contribution in [1.82, 2.24) is 9.47 Å². The normalized spacial score (nSPS) is 15.3. The number of fused-ring (bicyclic) bond motifs is 2. The number of amides is 1. The first-order valence-corrected chi connectivity index (χ1v) is 13.3. The third-order valence-electron chi connectivity index (χ3n) is 6.82. The van der Waals surface area contributed by atoms with E-state index >= 15 is 0 Å². The molecule has 1 aliphatic heterocycles. The lowest BCUT2D eigenvalue weighted by Crippen LogP contribution is -2.40. The van der Waals surface area contributed by atoms with Gasteiger partial charge in [-0.05, 0) is 67.0 Å². The summed E-state index contributed by atoms with van der Waals surface area (Å²) in [7, 11) is 1.67. The summed E-state index contributed by atoms with van der Waals surface area (Å²) >= 11 is 1.75. The molecule has 0 radical (unpaired) electrons. The van der Waals surface area contributed by atoms with Gasteiger partial charge in [0.2, 0.25) is 0 Å². The number of ether oxygens (including phenoxy) is 2. The van der Waals surface area contributed by atoms with E-state index in [4.69, 9.17) is 9.47 Å². The van der Waals surface area contributed by atoms with Crippen LogP contribution in [0.4, 0.5) is 0 Å². The SMILES string of the molecule is CCCOc1cc(CC2c3sccc3CCN2C(=O)c2cn(CC)c3ccccc23)ccc1OC. The molecule has 0 fully saturated rings. The monoisotopic (exact) mass is 488 g/mol. The molecule has 4 aromatic rings. The molecular weight excluding hydrogens is 456 g/mol. The first-order valence-electron chi connectivity index (χ1n) is 12.4. The summed E-state index contributed by atoms with van der Waals surface area (Å²) in [5, 5.41) is 3.17. The number of benzene rings is 2. The van der Waals surface area contributed by atoms with Crippen molar-refractivity contribution in [2.75, 3.05) is 20.3 Å². The lowest BCUT2D eigenvalue weighted by atomic mass is 9.94. The van der Waals surface area contributed by atoms with Crippen molar-refractivity contribution in [1.29, 1.82) is 0 Å². The van der Waals surface area contributed by atoms with Crippen LogP contribution in [0, 0.1) is 0 Å². The van der Waals surface area contributed by atoms with E-state index < -0.39 is 0 Å². The van der Waals surface area contributed by atoms with Crippen LogP contribution < -0.4 is 9.47 Å². The van der Waals surface area contributed by atoms with Gasteiger partial charge in [-0.1, -0.05) is 31.2 Å². The van der Waals surface area contributed by atoms with Crippen LogP contribution in [0.2, 0.25) is 0 Å². The second-order valence-corrected chi connectivity index (χ2v) is 9.91. The van der Waals surface area contributed by atoms with Gasteiger partial charge in [0.1, 0.15) is 0 Å². The Hall–Kier alpha value is -3.25. The van der Waals surface area contributed by atoms with Gasteiger partial charge in [-0.15, -0.1) is 11.3 Å². The highest BCUT2D eigenvalue weighted by Crippen LogP contribution is 2.39. The van der Waals surface area contributed by atoms with Gasteiger partial charge in [0.15, 0.2) is 11.5 Å². The Kier molecular flexibility index (Phi) is 6.82. The highest BCUT2D eigenvalue weighted by Gasteiger charge is 2.33. The lowest BCUT2D eigenvalue weighted by Gasteiger charge is -2.36. The maximum Gasteiger partial charge on any atom is 0.256 e. The molecule has 0 aliphatic carbocycles. The molecule has 0 N–H and O–H groups in total. The Morgan fingerprint density at radius 3 is 2.77 bits per heavy atom. The van der Waals surface area contributed by atoms with E-state index in [0.29, 0.717) is 13.2 Å². The fourth-order valence-electron chi connectivity index (χ4n) is 5.06. The summed E-state index contributed by atoms with van der Waals surface area (Å²) in [5.41, 5.74) is 4.39. The molecule has 35 heavy (non-hydrogen) atoms. The molecule has 5 rings (SSSR count). The Morgan fingerprint density at radius 2 is 1.97 bits per heavy atom. The van der Waals surface area contributed by atoms with Crippen molar-refractivity contribution in [2.24, 2.45) is 0 Å². The zero-order valence-corrected chi connectivity index (χ0v) is 21.4. The smallest absolute Gasteiger partial charge is 0.256 e. The van der Waals surface area contributed by atoms with Crippen LogP contribution in [0.5, 0.6) is 11.5 Å². The van der Waals surface area contributed by atoms with Gasteiger partial charge in [-0.2, -0.15) is 0 Å². The lowest BCUT2D eigenvalue weighted by molar-refractivity contribution is 0.0666. The molecule has 3 heterocycles. The summed E-state index contributed by atoms with van der Waals surface area (Å²) in [6.45, 7) is 6.40. The van der Waals surface area contributed by atoms with E-state index in [1.54, 1.807) is 18.4 Å².